The van der Waals surface area contributed by atoms with Crippen molar-refractivity contribution in [2.24, 2.45) is 10.8 Å². The number of aliphatic carboxylic acids is 2. The molecule has 0 aliphatic heterocycles. The molecule has 0 unspecified atom stereocenters. The van der Waals surface area contributed by atoms with E-state index in [2.05, 4.69) is 0 Å². The van der Waals surface area contributed by atoms with Gasteiger partial charge >= 0.3 is 11.9 Å². The van der Waals surface area contributed by atoms with Gasteiger partial charge < -0.3 is 19.0 Å². The number of carboxylic acids is 2. The van der Waals surface area contributed by atoms with Crippen LogP contribution in [0.2, 0.25) is 0 Å². The average molecular weight is 495 g/mol. The molecule has 6 nitrogen and oxygen atoms in total. The van der Waals surface area contributed by atoms with Crippen LogP contribution in [-0.2, 0) is 22.4 Å². The van der Waals surface area contributed by atoms with E-state index in [1.165, 1.54) is 0 Å². The van der Waals surface area contributed by atoms with Gasteiger partial charge in [-0.1, -0.05) is 37.1 Å². The van der Waals surface area contributed by atoms with Crippen molar-refractivity contribution >= 4 is 11.9 Å². The van der Waals surface area contributed by atoms with Crippen LogP contribution in [0.3, 0.4) is 0 Å². The maximum atomic E-state index is 11.3. The van der Waals surface area contributed by atoms with Crippen LogP contribution >= 0.6 is 0 Å². The van der Waals surface area contributed by atoms with E-state index in [-0.39, 0.29) is 0 Å². The summed E-state index contributed by atoms with van der Waals surface area (Å²) in [7, 11) is 0. The molecule has 0 bridgehead atoms. The van der Waals surface area contributed by atoms with Gasteiger partial charge in [0.15, 0.2) is 0 Å². The monoisotopic (exact) mass is 494 g/mol. The van der Waals surface area contributed by atoms with E-state index in [1.807, 2.05) is 48.5 Å². The first-order chi connectivity index (χ1) is 17.0. The first-order valence-electron chi connectivity index (χ1n) is 12.7. The molecular weight excluding hydrogens is 456 g/mol. The molecule has 2 heterocycles. The molecule has 3 rings (SSSR count). The molecule has 2 N–H and O–H groups in total. The fourth-order valence-corrected chi connectivity index (χ4v) is 4.17. The molecule has 0 saturated heterocycles. The highest BCUT2D eigenvalue weighted by molar-refractivity contribution is 5.79. The van der Waals surface area contributed by atoms with E-state index in [4.69, 9.17) is 8.83 Å². The second-order valence-electron chi connectivity index (χ2n) is 10.9. The first-order valence-corrected chi connectivity index (χ1v) is 12.7. The van der Waals surface area contributed by atoms with Crippen LogP contribution < -0.4 is 0 Å². The average Bonchev–Trinajstić information content (AvgIpc) is 3.49. The Labute approximate surface area is 213 Å². The maximum Gasteiger partial charge on any atom is 0.309 e. The minimum absolute atomic E-state index is 0.636. The Morgan fingerprint density at radius 1 is 0.639 bits per heavy atom. The van der Waals surface area contributed by atoms with Crippen molar-refractivity contribution < 1.29 is 28.6 Å². The zero-order valence-electron chi connectivity index (χ0n) is 21.8. The zero-order chi connectivity index (χ0) is 26.3. The van der Waals surface area contributed by atoms with E-state index in [1.54, 1.807) is 27.7 Å². The van der Waals surface area contributed by atoms with Crippen LogP contribution in [-0.4, -0.2) is 22.2 Å². The van der Waals surface area contributed by atoms with Gasteiger partial charge in [0.05, 0.1) is 10.8 Å². The van der Waals surface area contributed by atoms with Gasteiger partial charge in [0.25, 0.3) is 0 Å². The minimum atomic E-state index is -0.761. The summed E-state index contributed by atoms with van der Waals surface area (Å²) in [6.07, 6.45) is 6.20. The fourth-order valence-electron chi connectivity index (χ4n) is 4.17. The molecule has 0 fully saturated rings. The van der Waals surface area contributed by atoms with Gasteiger partial charge in [-0.25, -0.2) is 0 Å². The van der Waals surface area contributed by atoms with E-state index in [0.29, 0.717) is 12.8 Å². The SMILES string of the molecule is CC(C)(CCCCc1ccc(-c2ccccc2-c2ccc(CCCCC(C)(C)C(=O)O)o2)o1)C(=O)O. The fraction of sp³-hybridized carbons (Fsp3) is 0.467. The standard InChI is InChI=1S/C30H38O6/c1-29(2,27(31)32)19-9-7-11-21-15-17-25(35-21)23-13-5-6-14-24(23)26-18-16-22(36-26)12-8-10-20-30(3,4)28(33)34/h5-6,13-18H,7-12,19-20H2,1-4H3,(H,31,32)(H,33,34). The highest BCUT2D eigenvalue weighted by Crippen LogP contribution is 2.35. The highest BCUT2D eigenvalue weighted by atomic mass is 16.4. The summed E-state index contributed by atoms with van der Waals surface area (Å²) in [6, 6.07) is 15.9. The smallest absolute Gasteiger partial charge is 0.309 e. The number of unbranched alkanes of at least 4 members (excludes halogenated alkanes) is 2. The van der Waals surface area contributed by atoms with Gasteiger partial charge in [0, 0.05) is 24.0 Å². The van der Waals surface area contributed by atoms with Crippen LogP contribution in [0.15, 0.2) is 57.4 Å². The molecule has 0 aliphatic carbocycles. The van der Waals surface area contributed by atoms with Crippen molar-refractivity contribution in [3.05, 3.63) is 60.1 Å². The van der Waals surface area contributed by atoms with Crippen molar-refractivity contribution in [1.29, 1.82) is 0 Å². The molecule has 0 amide bonds. The summed E-state index contributed by atoms with van der Waals surface area (Å²) in [4.78, 5) is 22.5. The Morgan fingerprint density at radius 3 is 1.39 bits per heavy atom. The molecular formula is C30H38O6. The molecule has 0 atom stereocenters. The third-order valence-corrected chi connectivity index (χ3v) is 6.89. The molecule has 0 radical (unpaired) electrons. The number of furan rings is 2. The zero-order valence-corrected chi connectivity index (χ0v) is 21.8. The van der Waals surface area contributed by atoms with Gasteiger partial charge in [0.2, 0.25) is 0 Å². The Hall–Kier alpha value is -3.28. The summed E-state index contributed by atoms with van der Waals surface area (Å²) in [6.45, 7) is 7.05. The van der Waals surface area contributed by atoms with Crippen LogP contribution in [0, 0.1) is 10.8 Å². The second kappa shape index (κ2) is 11.6. The lowest BCUT2D eigenvalue weighted by molar-refractivity contribution is -0.148. The molecule has 0 spiro atoms. The molecule has 1 aromatic carbocycles. The topological polar surface area (TPSA) is 101 Å². The summed E-state index contributed by atoms with van der Waals surface area (Å²) in [5.74, 6) is 1.81. The number of carboxylic acid groups (broad SMARTS) is 2. The van der Waals surface area contributed by atoms with Crippen molar-refractivity contribution in [1.82, 2.24) is 0 Å². The van der Waals surface area contributed by atoms with Gasteiger partial charge in [-0.3, -0.25) is 9.59 Å². The quantitative estimate of drug-likeness (QED) is 0.221. The highest BCUT2D eigenvalue weighted by Gasteiger charge is 2.27. The van der Waals surface area contributed by atoms with E-state index >= 15 is 0 Å². The van der Waals surface area contributed by atoms with Crippen molar-refractivity contribution in [2.75, 3.05) is 0 Å². The van der Waals surface area contributed by atoms with Crippen molar-refractivity contribution in [3.8, 4) is 22.6 Å². The van der Waals surface area contributed by atoms with E-state index < -0.39 is 22.8 Å². The Kier molecular flexibility index (Phi) is 8.83. The number of aryl methyl sites for hydroxylation is 2. The number of hydrogen-bond donors (Lipinski definition) is 2. The summed E-state index contributed by atoms with van der Waals surface area (Å²) in [5.41, 5.74) is 0.508. The molecule has 6 heteroatoms. The Morgan fingerprint density at radius 2 is 1.03 bits per heavy atom. The normalized spacial score (nSPS) is 12.1. The van der Waals surface area contributed by atoms with Crippen LogP contribution in [0.5, 0.6) is 0 Å². The van der Waals surface area contributed by atoms with Crippen molar-refractivity contribution in [3.63, 3.8) is 0 Å². The maximum absolute atomic E-state index is 11.3. The lowest BCUT2D eigenvalue weighted by atomic mass is 9.87. The van der Waals surface area contributed by atoms with Gasteiger partial charge in [0.1, 0.15) is 23.0 Å². The third-order valence-electron chi connectivity index (χ3n) is 6.89. The molecule has 194 valence electrons. The summed E-state index contributed by atoms with van der Waals surface area (Å²) < 4.78 is 12.3. The lowest BCUT2D eigenvalue weighted by Crippen LogP contribution is -2.23. The first kappa shape index (κ1) is 27.3. The van der Waals surface area contributed by atoms with Gasteiger partial charge in [-0.2, -0.15) is 0 Å². The minimum Gasteiger partial charge on any atom is -0.481 e. The van der Waals surface area contributed by atoms with Crippen LogP contribution in [0.25, 0.3) is 22.6 Å². The largest absolute Gasteiger partial charge is 0.481 e. The Balaban J connectivity index is 1.60. The molecule has 2 aromatic heterocycles. The van der Waals surface area contributed by atoms with E-state index in [0.717, 1.165) is 72.7 Å². The van der Waals surface area contributed by atoms with Crippen molar-refractivity contribution in [2.45, 2.75) is 79.1 Å². The third kappa shape index (κ3) is 7.12. The molecule has 3 aromatic rings. The molecule has 0 saturated carbocycles. The lowest BCUT2D eigenvalue weighted by Gasteiger charge is -2.18. The van der Waals surface area contributed by atoms with Gasteiger partial charge in [-0.05, 0) is 77.6 Å². The second-order valence-corrected chi connectivity index (χ2v) is 10.9. The summed E-state index contributed by atoms with van der Waals surface area (Å²) in [5, 5.41) is 18.5. The van der Waals surface area contributed by atoms with Crippen LogP contribution in [0.4, 0.5) is 0 Å². The predicted octanol–water partition coefficient (Wildman–Crippen LogP) is 7.85. The Bertz CT molecular complexity index is 1070. The van der Waals surface area contributed by atoms with Gasteiger partial charge in [-0.15, -0.1) is 0 Å². The number of benzene rings is 1. The predicted molar refractivity (Wildman–Crippen MR) is 140 cm³/mol. The van der Waals surface area contributed by atoms with E-state index in [9.17, 15) is 19.8 Å². The number of rotatable bonds is 14. The molecule has 36 heavy (non-hydrogen) atoms. The number of carbonyl (C=O) groups is 2. The molecule has 0 aliphatic rings. The number of hydrogen-bond acceptors (Lipinski definition) is 4. The summed E-state index contributed by atoms with van der Waals surface area (Å²) >= 11 is 0. The van der Waals surface area contributed by atoms with Crippen LogP contribution in [0.1, 0.15) is 77.7 Å².